The van der Waals surface area contributed by atoms with Gasteiger partial charge in [-0.15, -0.1) is 0 Å². The summed E-state index contributed by atoms with van der Waals surface area (Å²) in [6, 6.07) is 9.78. The van der Waals surface area contributed by atoms with E-state index in [1.54, 1.807) is 0 Å². The van der Waals surface area contributed by atoms with Gasteiger partial charge in [0.2, 0.25) is 0 Å². The molecule has 0 spiro atoms. The van der Waals surface area contributed by atoms with E-state index in [9.17, 15) is 4.79 Å². The number of nitrogens with two attached hydrogens (primary N) is 1. The summed E-state index contributed by atoms with van der Waals surface area (Å²) in [4.78, 5) is 10.4. The third-order valence-electron chi connectivity index (χ3n) is 2.48. The van der Waals surface area contributed by atoms with Crippen molar-refractivity contribution in [2.45, 2.75) is 6.54 Å². The lowest BCUT2D eigenvalue weighted by Gasteiger charge is -2.04. The second-order valence-electron chi connectivity index (χ2n) is 3.83. The largest absolute Gasteiger partial charge is 0.448 e. The Balaban J connectivity index is 1.88. The van der Waals surface area contributed by atoms with Gasteiger partial charge in [-0.05, 0) is 0 Å². The molecule has 0 atom stereocenters. The molecule has 0 aliphatic heterocycles. The van der Waals surface area contributed by atoms with Gasteiger partial charge in [0.1, 0.15) is 18.0 Å². The van der Waals surface area contributed by atoms with Crippen molar-refractivity contribution in [3.05, 3.63) is 36.0 Å². The number of aromatic amines is 1. The summed E-state index contributed by atoms with van der Waals surface area (Å²) in [5, 5.41) is 13.9. The van der Waals surface area contributed by atoms with E-state index in [4.69, 9.17) is 5.73 Å². The van der Waals surface area contributed by atoms with Crippen molar-refractivity contribution in [1.29, 1.82) is 0 Å². The molecule has 1 heterocycles. The summed E-state index contributed by atoms with van der Waals surface area (Å²) in [7, 11) is 0. The Kier molecular flexibility index (Phi) is 4.46. The fourth-order valence-corrected chi connectivity index (χ4v) is 1.63. The molecular formula is C12H15N5O2. The second-order valence-corrected chi connectivity index (χ2v) is 3.83. The number of hydrogen-bond acceptors (Lipinski definition) is 5. The predicted octanol–water partition coefficient (Wildman–Crippen LogP) is 0.657. The van der Waals surface area contributed by atoms with Crippen LogP contribution in [0.2, 0.25) is 0 Å². The van der Waals surface area contributed by atoms with Crippen LogP contribution in [0.25, 0.3) is 11.3 Å². The highest BCUT2D eigenvalue weighted by Crippen LogP contribution is 2.18. The van der Waals surface area contributed by atoms with E-state index < -0.39 is 6.09 Å². The number of H-pyrrole nitrogens is 1. The van der Waals surface area contributed by atoms with Gasteiger partial charge >= 0.3 is 6.09 Å². The third-order valence-corrected chi connectivity index (χ3v) is 2.48. The van der Waals surface area contributed by atoms with Gasteiger partial charge in [0.15, 0.2) is 0 Å². The zero-order valence-corrected chi connectivity index (χ0v) is 10.3. The minimum atomic E-state index is -0.770. The molecule has 19 heavy (non-hydrogen) atoms. The molecule has 0 radical (unpaired) electrons. The quantitative estimate of drug-likeness (QED) is 0.662. The van der Waals surface area contributed by atoms with E-state index in [2.05, 4.69) is 25.5 Å². The number of amides is 1. The maximum atomic E-state index is 10.4. The smallest absolute Gasteiger partial charge is 0.404 e. The van der Waals surface area contributed by atoms with E-state index in [1.165, 1.54) is 0 Å². The number of aromatic nitrogens is 3. The zero-order valence-electron chi connectivity index (χ0n) is 10.3. The highest BCUT2D eigenvalue weighted by Gasteiger charge is 2.09. The van der Waals surface area contributed by atoms with Gasteiger partial charge in [-0.2, -0.15) is 15.4 Å². The summed E-state index contributed by atoms with van der Waals surface area (Å²) in [5.74, 6) is 0. The molecule has 4 N–H and O–H groups in total. The van der Waals surface area contributed by atoms with Crippen molar-refractivity contribution in [3.8, 4) is 11.3 Å². The highest BCUT2D eigenvalue weighted by atomic mass is 16.5. The molecule has 2 aromatic rings. The molecule has 2 rings (SSSR count). The lowest BCUT2D eigenvalue weighted by Crippen LogP contribution is -2.23. The first-order valence-electron chi connectivity index (χ1n) is 5.85. The van der Waals surface area contributed by atoms with E-state index in [-0.39, 0.29) is 6.61 Å². The van der Waals surface area contributed by atoms with Gasteiger partial charge in [-0.1, -0.05) is 30.3 Å². The van der Waals surface area contributed by atoms with E-state index >= 15 is 0 Å². The molecule has 0 saturated carbocycles. The molecule has 1 aromatic carbocycles. The van der Waals surface area contributed by atoms with Crippen LogP contribution in [0.1, 0.15) is 5.69 Å². The molecule has 1 aromatic heterocycles. The second kappa shape index (κ2) is 6.50. The van der Waals surface area contributed by atoms with E-state index in [0.29, 0.717) is 13.1 Å². The topological polar surface area (TPSA) is 106 Å². The Labute approximate surface area is 110 Å². The first-order chi connectivity index (χ1) is 9.27. The number of carbonyl (C=O) groups is 1. The molecule has 0 aliphatic carbocycles. The van der Waals surface area contributed by atoms with Crippen molar-refractivity contribution < 1.29 is 9.53 Å². The van der Waals surface area contributed by atoms with Crippen molar-refractivity contribution in [2.24, 2.45) is 5.73 Å². The van der Waals surface area contributed by atoms with Gasteiger partial charge < -0.3 is 15.8 Å². The maximum absolute atomic E-state index is 10.4. The number of carbonyl (C=O) groups excluding carboxylic acids is 1. The molecule has 7 heteroatoms. The Morgan fingerprint density at radius 1 is 1.32 bits per heavy atom. The van der Waals surface area contributed by atoms with Gasteiger partial charge in [-0.3, -0.25) is 0 Å². The number of hydrogen-bond donors (Lipinski definition) is 3. The monoisotopic (exact) mass is 261 g/mol. The molecule has 100 valence electrons. The SMILES string of the molecule is NC(=O)OCCNCc1n[nH]nc1-c1ccccc1. The van der Waals surface area contributed by atoms with Gasteiger partial charge in [0.25, 0.3) is 0 Å². The molecule has 0 saturated heterocycles. The Hall–Kier alpha value is -2.41. The van der Waals surface area contributed by atoms with Crippen LogP contribution in [0.3, 0.4) is 0 Å². The van der Waals surface area contributed by atoms with Crippen molar-refractivity contribution in [1.82, 2.24) is 20.7 Å². The van der Waals surface area contributed by atoms with Crippen LogP contribution in [-0.2, 0) is 11.3 Å². The average Bonchev–Trinajstić information content (AvgIpc) is 2.87. The molecule has 0 bridgehead atoms. The minimum absolute atomic E-state index is 0.230. The highest BCUT2D eigenvalue weighted by molar-refractivity contribution is 5.64. The molecular weight excluding hydrogens is 246 g/mol. The number of nitrogens with one attached hydrogen (secondary N) is 2. The minimum Gasteiger partial charge on any atom is -0.448 e. The lowest BCUT2D eigenvalue weighted by atomic mass is 10.1. The van der Waals surface area contributed by atoms with Crippen molar-refractivity contribution >= 4 is 6.09 Å². The van der Waals surface area contributed by atoms with Crippen LogP contribution < -0.4 is 11.1 Å². The summed E-state index contributed by atoms with van der Waals surface area (Å²) in [6.07, 6.45) is -0.770. The number of rotatable bonds is 6. The zero-order chi connectivity index (χ0) is 13.5. The third kappa shape index (κ3) is 3.78. The van der Waals surface area contributed by atoms with Crippen LogP contribution in [0.4, 0.5) is 4.79 Å². The standard InChI is InChI=1S/C12H15N5O2/c13-12(18)19-7-6-14-8-10-11(16-17-15-10)9-4-2-1-3-5-9/h1-5,14H,6-8H2,(H2,13,18)(H,15,16,17). The first-order valence-corrected chi connectivity index (χ1v) is 5.85. The predicted molar refractivity (Wildman–Crippen MR) is 69.1 cm³/mol. The molecule has 0 fully saturated rings. The van der Waals surface area contributed by atoms with Crippen LogP contribution in [0.15, 0.2) is 30.3 Å². The van der Waals surface area contributed by atoms with Gasteiger partial charge in [-0.25, -0.2) is 4.79 Å². The maximum Gasteiger partial charge on any atom is 0.404 e. The van der Waals surface area contributed by atoms with E-state index in [0.717, 1.165) is 17.0 Å². The summed E-state index contributed by atoms with van der Waals surface area (Å²) < 4.78 is 4.61. The Morgan fingerprint density at radius 3 is 2.84 bits per heavy atom. The number of ether oxygens (including phenoxy) is 1. The Morgan fingerprint density at radius 2 is 2.11 bits per heavy atom. The lowest BCUT2D eigenvalue weighted by molar-refractivity contribution is 0.157. The summed E-state index contributed by atoms with van der Waals surface area (Å²) >= 11 is 0. The number of primary amides is 1. The summed E-state index contributed by atoms with van der Waals surface area (Å²) in [6.45, 7) is 1.26. The molecule has 0 aliphatic rings. The fraction of sp³-hybridized carbons (Fsp3) is 0.250. The average molecular weight is 261 g/mol. The van der Waals surface area contributed by atoms with Crippen molar-refractivity contribution in [2.75, 3.05) is 13.2 Å². The van der Waals surface area contributed by atoms with Gasteiger partial charge in [0.05, 0.1) is 0 Å². The number of benzene rings is 1. The van der Waals surface area contributed by atoms with Gasteiger partial charge in [0, 0.05) is 18.7 Å². The summed E-state index contributed by atoms with van der Waals surface area (Å²) in [5.41, 5.74) is 7.47. The van der Waals surface area contributed by atoms with Crippen LogP contribution in [0, 0.1) is 0 Å². The van der Waals surface area contributed by atoms with E-state index in [1.807, 2.05) is 30.3 Å². The molecule has 7 nitrogen and oxygen atoms in total. The molecule has 0 unspecified atom stereocenters. The molecule has 1 amide bonds. The first kappa shape index (κ1) is 13.0. The number of nitrogens with zero attached hydrogens (tertiary/aromatic N) is 2. The van der Waals surface area contributed by atoms with Crippen LogP contribution in [-0.4, -0.2) is 34.7 Å². The van der Waals surface area contributed by atoms with Crippen LogP contribution in [0.5, 0.6) is 0 Å². The van der Waals surface area contributed by atoms with Crippen LogP contribution >= 0.6 is 0 Å². The van der Waals surface area contributed by atoms with Crippen molar-refractivity contribution in [3.63, 3.8) is 0 Å². The normalized spacial score (nSPS) is 10.3. The Bertz CT molecular complexity index is 526. The fourth-order valence-electron chi connectivity index (χ4n) is 1.63.